The van der Waals surface area contributed by atoms with Crippen LogP contribution in [0.1, 0.15) is 18.3 Å². The fourth-order valence-electron chi connectivity index (χ4n) is 2.28. The van der Waals surface area contributed by atoms with Crippen LogP contribution in [0.5, 0.6) is 0 Å². The third kappa shape index (κ3) is 3.34. The number of nitrogens with one attached hydrogen (secondary N) is 1. The van der Waals surface area contributed by atoms with Gasteiger partial charge in [0.15, 0.2) is 0 Å². The third-order valence-corrected chi connectivity index (χ3v) is 4.21. The monoisotopic (exact) mass is 307 g/mol. The highest BCUT2D eigenvalue weighted by atomic mass is 32.1. The third-order valence-electron chi connectivity index (χ3n) is 3.53. The Balaban J connectivity index is 1.55. The molecule has 0 bridgehead atoms. The van der Waals surface area contributed by atoms with E-state index in [1.807, 2.05) is 22.9 Å². The van der Waals surface area contributed by atoms with E-state index in [0.29, 0.717) is 19.0 Å². The molecule has 0 radical (unpaired) electrons. The Hall–Kier alpha value is -1.63. The van der Waals surface area contributed by atoms with Gasteiger partial charge in [-0.25, -0.2) is 0 Å². The molecule has 21 heavy (non-hydrogen) atoms. The van der Waals surface area contributed by atoms with Crippen molar-refractivity contribution in [1.29, 1.82) is 0 Å². The molecule has 0 aliphatic carbocycles. The van der Waals surface area contributed by atoms with Crippen LogP contribution < -0.4 is 5.32 Å². The van der Waals surface area contributed by atoms with Crippen LogP contribution in [0.15, 0.2) is 33.4 Å². The molecule has 1 aliphatic rings. The molecule has 0 saturated carbocycles. The molecular weight excluding hydrogens is 290 g/mol. The largest absolute Gasteiger partial charge is 0.458 e. The SMILES string of the molecule is O=C(NC[C@@H](O)c1ccc(-c2ccsc2)o1)[C@H]1CCOC1. The summed E-state index contributed by atoms with van der Waals surface area (Å²) in [7, 11) is 0. The van der Waals surface area contributed by atoms with E-state index in [9.17, 15) is 9.90 Å². The van der Waals surface area contributed by atoms with Crippen molar-refractivity contribution in [2.24, 2.45) is 5.92 Å². The van der Waals surface area contributed by atoms with Gasteiger partial charge >= 0.3 is 0 Å². The van der Waals surface area contributed by atoms with E-state index in [-0.39, 0.29) is 18.4 Å². The molecule has 2 aromatic heterocycles. The zero-order valence-corrected chi connectivity index (χ0v) is 12.3. The van der Waals surface area contributed by atoms with Gasteiger partial charge in [-0.2, -0.15) is 11.3 Å². The van der Waals surface area contributed by atoms with Gasteiger partial charge in [0.25, 0.3) is 0 Å². The van der Waals surface area contributed by atoms with Gasteiger partial charge < -0.3 is 19.6 Å². The highest BCUT2D eigenvalue weighted by molar-refractivity contribution is 7.08. The molecule has 112 valence electrons. The molecule has 5 nitrogen and oxygen atoms in total. The van der Waals surface area contributed by atoms with Crippen LogP contribution >= 0.6 is 11.3 Å². The Morgan fingerprint density at radius 2 is 2.38 bits per heavy atom. The molecule has 0 unspecified atom stereocenters. The lowest BCUT2D eigenvalue weighted by molar-refractivity contribution is -0.125. The molecule has 2 atom stereocenters. The Bertz CT molecular complexity index is 587. The van der Waals surface area contributed by atoms with Crippen LogP contribution in [0.3, 0.4) is 0 Å². The van der Waals surface area contributed by atoms with Crippen LogP contribution in [-0.4, -0.2) is 30.8 Å². The van der Waals surface area contributed by atoms with Gasteiger partial charge in [0.1, 0.15) is 17.6 Å². The Labute approximate surface area is 126 Å². The highest BCUT2D eigenvalue weighted by Gasteiger charge is 2.24. The van der Waals surface area contributed by atoms with Gasteiger partial charge in [0.05, 0.1) is 19.1 Å². The van der Waals surface area contributed by atoms with Crippen molar-refractivity contribution >= 4 is 17.2 Å². The molecule has 3 rings (SSSR count). The van der Waals surface area contributed by atoms with Gasteiger partial charge in [-0.3, -0.25) is 4.79 Å². The van der Waals surface area contributed by atoms with Gasteiger partial charge in [-0.15, -0.1) is 0 Å². The first-order valence-corrected chi connectivity index (χ1v) is 7.84. The molecule has 1 aliphatic heterocycles. The molecule has 2 N–H and O–H groups in total. The predicted molar refractivity (Wildman–Crippen MR) is 78.9 cm³/mol. The lowest BCUT2D eigenvalue weighted by atomic mass is 10.1. The van der Waals surface area contributed by atoms with Gasteiger partial charge in [0.2, 0.25) is 5.91 Å². The predicted octanol–water partition coefficient (Wildman–Crippen LogP) is 2.19. The van der Waals surface area contributed by atoms with Crippen molar-refractivity contribution in [3.63, 3.8) is 0 Å². The second-order valence-corrected chi connectivity index (χ2v) is 5.82. The van der Waals surface area contributed by atoms with Crippen LogP contribution in [-0.2, 0) is 9.53 Å². The topological polar surface area (TPSA) is 71.7 Å². The number of hydrogen-bond donors (Lipinski definition) is 2. The number of rotatable bonds is 5. The van der Waals surface area contributed by atoms with Crippen molar-refractivity contribution in [3.8, 4) is 11.3 Å². The zero-order valence-electron chi connectivity index (χ0n) is 11.5. The van der Waals surface area contributed by atoms with Gasteiger partial charge in [-0.05, 0) is 30.0 Å². The van der Waals surface area contributed by atoms with E-state index in [0.717, 1.165) is 17.7 Å². The minimum Gasteiger partial charge on any atom is -0.458 e. The standard InChI is InChI=1S/C15H17NO4S/c17-12(7-16-15(18)10-3-5-19-8-10)14-2-1-13(20-14)11-4-6-21-9-11/h1-2,4,6,9-10,12,17H,3,5,7-8H2,(H,16,18)/t10-,12+/m0/s1. The molecule has 1 saturated heterocycles. The van der Waals surface area contributed by atoms with E-state index < -0.39 is 6.10 Å². The van der Waals surface area contributed by atoms with Crippen molar-refractivity contribution in [3.05, 3.63) is 34.7 Å². The summed E-state index contributed by atoms with van der Waals surface area (Å²) in [6.07, 6.45) is -0.103. The van der Waals surface area contributed by atoms with E-state index in [1.165, 1.54) is 0 Å². The maximum atomic E-state index is 11.8. The number of amides is 1. The van der Waals surface area contributed by atoms with E-state index in [1.54, 1.807) is 17.4 Å². The number of aliphatic hydroxyl groups is 1. The first-order chi connectivity index (χ1) is 10.2. The summed E-state index contributed by atoms with van der Waals surface area (Å²) < 4.78 is 10.8. The molecular formula is C15H17NO4S. The number of furan rings is 1. The number of carbonyl (C=O) groups is 1. The second-order valence-electron chi connectivity index (χ2n) is 5.04. The molecule has 1 fully saturated rings. The average molecular weight is 307 g/mol. The second kappa shape index (κ2) is 6.43. The summed E-state index contributed by atoms with van der Waals surface area (Å²) in [5.74, 6) is 1.01. The number of hydrogen-bond acceptors (Lipinski definition) is 5. The number of carbonyl (C=O) groups excluding carboxylic acids is 1. The fraction of sp³-hybridized carbons (Fsp3) is 0.400. The summed E-state index contributed by atoms with van der Waals surface area (Å²) >= 11 is 1.59. The first kappa shape index (κ1) is 14.3. The summed E-state index contributed by atoms with van der Waals surface area (Å²) in [4.78, 5) is 11.8. The molecule has 2 aromatic rings. The molecule has 1 amide bonds. The molecule has 0 aromatic carbocycles. The summed E-state index contributed by atoms with van der Waals surface area (Å²) in [6, 6.07) is 5.53. The Kier molecular flexibility index (Phi) is 4.38. The van der Waals surface area contributed by atoms with Crippen molar-refractivity contribution < 1.29 is 19.1 Å². The van der Waals surface area contributed by atoms with Crippen LogP contribution in [0.4, 0.5) is 0 Å². The quantitative estimate of drug-likeness (QED) is 0.888. The zero-order chi connectivity index (χ0) is 14.7. The summed E-state index contributed by atoms with van der Waals surface area (Å²) in [5.41, 5.74) is 0.991. The maximum absolute atomic E-state index is 11.8. The minimum absolute atomic E-state index is 0.0730. The Morgan fingerprint density at radius 3 is 3.10 bits per heavy atom. The van der Waals surface area contributed by atoms with Crippen molar-refractivity contribution in [2.45, 2.75) is 12.5 Å². The summed E-state index contributed by atoms with van der Waals surface area (Å²) in [6.45, 7) is 1.24. The highest BCUT2D eigenvalue weighted by Crippen LogP contribution is 2.26. The Morgan fingerprint density at radius 1 is 1.48 bits per heavy atom. The molecule has 6 heteroatoms. The lowest BCUT2D eigenvalue weighted by Gasteiger charge is -2.12. The van der Waals surface area contributed by atoms with Crippen LogP contribution in [0.25, 0.3) is 11.3 Å². The average Bonchev–Trinajstić information content (AvgIpc) is 3.25. The number of ether oxygens (including phenoxy) is 1. The van der Waals surface area contributed by atoms with Gasteiger partial charge in [-0.1, -0.05) is 0 Å². The van der Waals surface area contributed by atoms with Crippen molar-refractivity contribution in [1.82, 2.24) is 5.32 Å². The maximum Gasteiger partial charge on any atom is 0.225 e. The van der Waals surface area contributed by atoms with Crippen LogP contribution in [0.2, 0.25) is 0 Å². The molecule has 3 heterocycles. The van der Waals surface area contributed by atoms with E-state index in [4.69, 9.17) is 9.15 Å². The summed E-state index contributed by atoms with van der Waals surface area (Å²) in [5, 5.41) is 16.8. The molecule has 0 spiro atoms. The van der Waals surface area contributed by atoms with Crippen LogP contribution in [0, 0.1) is 5.92 Å². The minimum atomic E-state index is -0.844. The number of thiophene rings is 1. The van der Waals surface area contributed by atoms with Crippen molar-refractivity contribution in [2.75, 3.05) is 19.8 Å². The number of aliphatic hydroxyl groups excluding tert-OH is 1. The smallest absolute Gasteiger partial charge is 0.225 e. The lowest BCUT2D eigenvalue weighted by Crippen LogP contribution is -2.34. The first-order valence-electron chi connectivity index (χ1n) is 6.90. The normalized spacial score (nSPS) is 19.6. The fourth-order valence-corrected chi connectivity index (χ4v) is 2.92. The van der Waals surface area contributed by atoms with E-state index >= 15 is 0 Å². The van der Waals surface area contributed by atoms with E-state index in [2.05, 4.69) is 5.32 Å². The van der Waals surface area contributed by atoms with Gasteiger partial charge in [0, 0.05) is 17.6 Å².